The molecule has 0 radical (unpaired) electrons. The molecule has 0 aromatic heterocycles. The van der Waals surface area contributed by atoms with E-state index in [-0.39, 0.29) is 5.56 Å². The van der Waals surface area contributed by atoms with E-state index in [2.05, 4.69) is 4.72 Å². The third-order valence-corrected chi connectivity index (χ3v) is 4.08. The van der Waals surface area contributed by atoms with E-state index in [9.17, 15) is 12.8 Å². The highest BCUT2D eigenvalue weighted by molar-refractivity contribution is 7.90. The summed E-state index contributed by atoms with van der Waals surface area (Å²) in [6.07, 6.45) is 0. The van der Waals surface area contributed by atoms with E-state index < -0.39 is 27.1 Å². The molecule has 0 aliphatic heterocycles. The molecule has 0 spiro atoms. The van der Waals surface area contributed by atoms with E-state index in [0.717, 1.165) is 0 Å². The second-order valence-corrected chi connectivity index (χ2v) is 5.71. The second kappa shape index (κ2) is 5.25. The third-order valence-electron chi connectivity index (χ3n) is 2.36. The maximum absolute atomic E-state index is 13.4. The lowest BCUT2D eigenvalue weighted by molar-refractivity contribution is 0.547. The van der Waals surface area contributed by atoms with E-state index in [1.165, 1.54) is 32.0 Å². The molecule has 2 atom stereocenters. The highest BCUT2D eigenvalue weighted by atomic mass is 32.2. The van der Waals surface area contributed by atoms with Crippen LogP contribution in [-0.4, -0.2) is 13.7 Å². The maximum atomic E-state index is 13.4. The first-order valence-electron chi connectivity index (χ1n) is 5.03. The molecule has 4 nitrogen and oxygen atoms in total. The predicted octanol–water partition coefficient (Wildman–Crippen LogP) is 1.72. The molecule has 6 heteroatoms. The van der Waals surface area contributed by atoms with Crippen LogP contribution < -0.4 is 4.72 Å². The molecule has 1 rings (SSSR count). The summed E-state index contributed by atoms with van der Waals surface area (Å²) < 4.78 is 38.9. The molecule has 1 aromatic rings. The van der Waals surface area contributed by atoms with E-state index in [4.69, 9.17) is 5.26 Å². The molecule has 0 heterocycles. The zero-order valence-electron chi connectivity index (χ0n) is 9.51. The number of hydrogen-bond donors (Lipinski definition) is 1. The number of nitrogens with zero attached hydrogens (tertiary/aromatic N) is 1. The zero-order valence-corrected chi connectivity index (χ0v) is 10.3. The first kappa shape index (κ1) is 13.6. The van der Waals surface area contributed by atoms with Crippen molar-refractivity contribution in [2.75, 3.05) is 0 Å². The van der Waals surface area contributed by atoms with Gasteiger partial charge in [-0.3, -0.25) is 0 Å². The van der Waals surface area contributed by atoms with Crippen molar-refractivity contribution in [3.63, 3.8) is 0 Å². The van der Waals surface area contributed by atoms with Crippen molar-refractivity contribution in [1.29, 1.82) is 5.26 Å². The van der Waals surface area contributed by atoms with E-state index in [1.54, 1.807) is 12.1 Å². The van der Waals surface area contributed by atoms with Gasteiger partial charge in [0.15, 0.2) is 5.25 Å². The van der Waals surface area contributed by atoms with Gasteiger partial charge in [0.1, 0.15) is 5.82 Å². The molecule has 1 N–H and O–H groups in total. The van der Waals surface area contributed by atoms with Gasteiger partial charge in [0.2, 0.25) is 10.0 Å². The number of rotatable bonds is 4. The smallest absolute Gasteiger partial charge is 0.211 e. The number of benzene rings is 1. The standard InChI is InChI=1S/C11H13FN2O2S/c1-8(7-13)17(15,16)14-9(2)10-5-3-4-6-11(10)12/h3-6,8-9,14H,1-2H3. The Balaban J connectivity index is 2.92. The molecule has 0 amide bonds. The fourth-order valence-corrected chi connectivity index (χ4v) is 2.27. The van der Waals surface area contributed by atoms with E-state index in [1.807, 2.05) is 0 Å². The monoisotopic (exact) mass is 256 g/mol. The number of hydrogen-bond acceptors (Lipinski definition) is 3. The van der Waals surface area contributed by atoms with Crippen LogP contribution in [0.4, 0.5) is 4.39 Å². The Morgan fingerprint density at radius 2 is 1.94 bits per heavy atom. The fraction of sp³-hybridized carbons (Fsp3) is 0.364. The van der Waals surface area contributed by atoms with Gasteiger partial charge in [-0.1, -0.05) is 18.2 Å². The maximum Gasteiger partial charge on any atom is 0.228 e. The van der Waals surface area contributed by atoms with Gasteiger partial charge >= 0.3 is 0 Å². The van der Waals surface area contributed by atoms with Crippen molar-refractivity contribution >= 4 is 10.0 Å². The molecule has 17 heavy (non-hydrogen) atoms. The summed E-state index contributed by atoms with van der Waals surface area (Å²) in [5.74, 6) is -0.479. The minimum Gasteiger partial charge on any atom is -0.211 e. The summed E-state index contributed by atoms with van der Waals surface area (Å²) in [5, 5.41) is 7.40. The summed E-state index contributed by atoms with van der Waals surface area (Å²) in [6, 6.07) is 6.83. The van der Waals surface area contributed by atoms with Crippen LogP contribution in [0.1, 0.15) is 25.5 Å². The molecular formula is C11H13FN2O2S. The highest BCUT2D eigenvalue weighted by Crippen LogP contribution is 2.17. The Morgan fingerprint density at radius 1 is 1.35 bits per heavy atom. The summed E-state index contributed by atoms with van der Waals surface area (Å²) in [6.45, 7) is 2.80. The normalized spacial score (nSPS) is 14.9. The molecule has 0 bridgehead atoms. The lowest BCUT2D eigenvalue weighted by Crippen LogP contribution is -2.34. The highest BCUT2D eigenvalue weighted by Gasteiger charge is 2.23. The molecule has 1 aromatic carbocycles. The van der Waals surface area contributed by atoms with Crippen molar-refractivity contribution in [3.05, 3.63) is 35.6 Å². The Morgan fingerprint density at radius 3 is 2.47 bits per heavy atom. The Kier molecular flexibility index (Phi) is 4.21. The Hall–Kier alpha value is -1.45. The fourth-order valence-electron chi connectivity index (χ4n) is 1.31. The van der Waals surface area contributed by atoms with Gasteiger partial charge in [-0.25, -0.2) is 17.5 Å². The van der Waals surface area contributed by atoms with Gasteiger partial charge in [-0.15, -0.1) is 0 Å². The summed E-state index contributed by atoms with van der Waals surface area (Å²) in [4.78, 5) is 0. The topological polar surface area (TPSA) is 70.0 Å². The van der Waals surface area contributed by atoms with Crippen molar-refractivity contribution in [1.82, 2.24) is 4.72 Å². The molecule has 0 aliphatic rings. The van der Waals surface area contributed by atoms with Crippen LogP contribution in [0, 0.1) is 17.1 Å². The van der Waals surface area contributed by atoms with Crippen LogP contribution in [0.2, 0.25) is 0 Å². The van der Waals surface area contributed by atoms with Crippen molar-refractivity contribution in [3.8, 4) is 6.07 Å². The van der Waals surface area contributed by atoms with Crippen molar-refractivity contribution in [2.45, 2.75) is 25.1 Å². The van der Waals surface area contributed by atoms with E-state index >= 15 is 0 Å². The van der Waals surface area contributed by atoms with Gasteiger partial charge in [-0.2, -0.15) is 5.26 Å². The van der Waals surface area contributed by atoms with Gasteiger partial charge in [0.05, 0.1) is 6.07 Å². The lowest BCUT2D eigenvalue weighted by atomic mass is 10.1. The molecular weight excluding hydrogens is 243 g/mol. The second-order valence-electron chi connectivity index (χ2n) is 3.68. The van der Waals surface area contributed by atoms with Crippen LogP contribution in [0.5, 0.6) is 0 Å². The third kappa shape index (κ3) is 3.25. The zero-order chi connectivity index (χ0) is 13.1. The Labute approximate surface area is 100 Å². The first-order chi connectivity index (χ1) is 7.88. The lowest BCUT2D eigenvalue weighted by Gasteiger charge is -2.16. The number of halogens is 1. The minimum absolute atomic E-state index is 0.251. The Bertz CT molecular complexity index is 537. The van der Waals surface area contributed by atoms with Gasteiger partial charge in [0.25, 0.3) is 0 Å². The average Bonchev–Trinajstić information content (AvgIpc) is 2.27. The van der Waals surface area contributed by atoms with Gasteiger partial charge < -0.3 is 0 Å². The summed E-state index contributed by atoms with van der Waals surface area (Å²) in [7, 11) is -3.75. The summed E-state index contributed by atoms with van der Waals surface area (Å²) in [5.41, 5.74) is 0.251. The number of nitriles is 1. The van der Waals surface area contributed by atoms with Crippen LogP contribution in [0.25, 0.3) is 0 Å². The summed E-state index contributed by atoms with van der Waals surface area (Å²) >= 11 is 0. The van der Waals surface area contributed by atoms with Gasteiger partial charge in [0, 0.05) is 11.6 Å². The predicted molar refractivity (Wildman–Crippen MR) is 61.9 cm³/mol. The molecule has 2 unspecified atom stereocenters. The largest absolute Gasteiger partial charge is 0.228 e. The van der Waals surface area contributed by atoms with Crippen molar-refractivity contribution < 1.29 is 12.8 Å². The van der Waals surface area contributed by atoms with Crippen molar-refractivity contribution in [2.24, 2.45) is 0 Å². The van der Waals surface area contributed by atoms with Crippen LogP contribution in [0.15, 0.2) is 24.3 Å². The van der Waals surface area contributed by atoms with Gasteiger partial charge in [-0.05, 0) is 19.9 Å². The SMILES string of the molecule is CC(NS(=O)(=O)C(C)C#N)c1ccccc1F. The van der Waals surface area contributed by atoms with E-state index in [0.29, 0.717) is 0 Å². The first-order valence-corrected chi connectivity index (χ1v) is 6.58. The quantitative estimate of drug-likeness (QED) is 0.891. The number of nitrogens with one attached hydrogen (secondary N) is 1. The molecule has 0 saturated heterocycles. The molecule has 92 valence electrons. The van der Waals surface area contributed by atoms with Crippen LogP contribution >= 0.6 is 0 Å². The molecule has 0 fully saturated rings. The molecule has 0 aliphatic carbocycles. The minimum atomic E-state index is -3.75. The number of sulfonamides is 1. The van der Waals surface area contributed by atoms with Crippen LogP contribution in [-0.2, 0) is 10.0 Å². The van der Waals surface area contributed by atoms with Crippen LogP contribution in [0.3, 0.4) is 0 Å². The average molecular weight is 256 g/mol. The molecule has 0 saturated carbocycles.